The summed E-state index contributed by atoms with van der Waals surface area (Å²) in [5.74, 6) is -0.195. The van der Waals surface area contributed by atoms with Crippen LogP contribution in [0.15, 0.2) is 12.1 Å². The molecule has 0 aromatic heterocycles. The highest BCUT2D eigenvalue weighted by atomic mass is 19.1. The lowest BCUT2D eigenvalue weighted by Crippen LogP contribution is -2.23. The van der Waals surface area contributed by atoms with Crippen molar-refractivity contribution in [3.05, 3.63) is 34.6 Å². The van der Waals surface area contributed by atoms with Crippen LogP contribution in [-0.4, -0.2) is 12.7 Å². The van der Waals surface area contributed by atoms with Crippen LogP contribution in [0.3, 0.4) is 0 Å². The van der Waals surface area contributed by atoms with Gasteiger partial charge in [0.15, 0.2) is 0 Å². The zero-order valence-corrected chi connectivity index (χ0v) is 9.76. The van der Waals surface area contributed by atoms with E-state index in [4.69, 9.17) is 4.74 Å². The van der Waals surface area contributed by atoms with E-state index in [1.165, 1.54) is 0 Å². The molecule has 16 heavy (non-hydrogen) atoms. The Kier molecular flexibility index (Phi) is 4.28. The summed E-state index contributed by atoms with van der Waals surface area (Å²) in [4.78, 5) is 11.0. The molecule has 0 saturated carbocycles. The second-order valence-corrected chi connectivity index (χ2v) is 3.62. The van der Waals surface area contributed by atoms with Crippen molar-refractivity contribution in [2.24, 2.45) is 0 Å². The fourth-order valence-electron chi connectivity index (χ4n) is 1.49. The number of nitrogens with one attached hydrogen (secondary N) is 1. The number of hydrogen-bond donors (Lipinski definition) is 1. The first-order valence-corrected chi connectivity index (χ1v) is 5.20. The van der Waals surface area contributed by atoms with Crippen LogP contribution in [0.2, 0.25) is 0 Å². The summed E-state index contributed by atoms with van der Waals surface area (Å²) in [5, 5.41) is 2.59. The molecule has 1 amide bonds. The number of benzene rings is 1. The summed E-state index contributed by atoms with van der Waals surface area (Å²) >= 11 is 0. The molecule has 0 fully saturated rings. The van der Waals surface area contributed by atoms with Gasteiger partial charge in [0.25, 0.3) is 0 Å². The van der Waals surface area contributed by atoms with E-state index in [0.717, 1.165) is 5.56 Å². The number of carbonyl (C=O) groups excluding carboxylic acids is 1. The van der Waals surface area contributed by atoms with Gasteiger partial charge in [-0.3, -0.25) is 0 Å². The first-order chi connectivity index (χ1) is 7.54. The first-order valence-electron chi connectivity index (χ1n) is 5.20. The van der Waals surface area contributed by atoms with Gasteiger partial charge < -0.3 is 10.1 Å². The van der Waals surface area contributed by atoms with Crippen LogP contribution in [0.4, 0.5) is 9.18 Å². The van der Waals surface area contributed by atoms with Crippen molar-refractivity contribution in [1.82, 2.24) is 5.32 Å². The Bertz CT molecular complexity index is 368. The van der Waals surface area contributed by atoms with Crippen molar-refractivity contribution in [3.8, 4) is 0 Å². The molecule has 1 rings (SSSR count). The monoisotopic (exact) mass is 225 g/mol. The average Bonchev–Trinajstić information content (AvgIpc) is 2.23. The molecular formula is C12H16FNO2. The van der Waals surface area contributed by atoms with E-state index in [1.807, 2.05) is 0 Å². The zero-order chi connectivity index (χ0) is 12.1. The Morgan fingerprint density at radius 2 is 1.94 bits per heavy atom. The molecule has 0 bridgehead atoms. The van der Waals surface area contributed by atoms with E-state index in [0.29, 0.717) is 24.3 Å². The van der Waals surface area contributed by atoms with Gasteiger partial charge in [0.1, 0.15) is 5.82 Å². The van der Waals surface area contributed by atoms with E-state index >= 15 is 0 Å². The third-order valence-electron chi connectivity index (χ3n) is 2.21. The summed E-state index contributed by atoms with van der Waals surface area (Å²) in [6.45, 7) is 5.84. The fourth-order valence-corrected chi connectivity index (χ4v) is 1.49. The van der Waals surface area contributed by atoms with Gasteiger partial charge in [-0.2, -0.15) is 0 Å². The Morgan fingerprint density at radius 1 is 1.38 bits per heavy atom. The third-order valence-corrected chi connectivity index (χ3v) is 2.21. The van der Waals surface area contributed by atoms with Crippen LogP contribution in [0.25, 0.3) is 0 Å². The molecule has 1 aromatic carbocycles. The van der Waals surface area contributed by atoms with Gasteiger partial charge in [-0.25, -0.2) is 9.18 Å². The molecule has 0 spiro atoms. The topological polar surface area (TPSA) is 38.3 Å². The lowest BCUT2D eigenvalue weighted by molar-refractivity contribution is 0.151. The van der Waals surface area contributed by atoms with Crippen LogP contribution in [-0.2, 0) is 11.3 Å². The fraction of sp³-hybridized carbons (Fsp3) is 0.417. The second kappa shape index (κ2) is 5.49. The number of hydrogen-bond acceptors (Lipinski definition) is 2. The normalized spacial score (nSPS) is 10.0. The molecule has 0 saturated heterocycles. The molecule has 0 aliphatic carbocycles. The Morgan fingerprint density at radius 3 is 2.44 bits per heavy atom. The molecular weight excluding hydrogens is 209 g/mol. The van der Waals surface area contributed by atoms with E-state index in [2.05, 4.69) is 5.32 Å². The van der Waals surface area contributed by atoms with Crippen LogP contribution in [0, 0.1) is 19.7 Å². The second-order valence-electron chi connectivity index (χ2n) is 3.62. The standard InChI is InChI=1S/C12H16FNO2/c1-4-16-12(15)14-7-10-5-8(2)11(13)9(3)6-10/h5-6H,4,7H2,1-3H3,(H,14,15). The number of alkyl carbamates (subject to hydrolysis) is 1. The molecule has 0 aliphatic rings. The van der Waals surface area contributed by atoms with Crippen molar-refractivity contribution in [3.63, 3.8) is 0 Å². The molecule has 0 radical (unpaired) electrons. The summed E-state index contributed by atoms with van der Waals surface area (Å²) in [5.41, 5.74) is 2.03. The Labute approximate surface area is 94.6 Å². The van der Waals surface area contributed by atoms with E-state index in [9.17, 15) is 9.18 Å². The van der Waals surface area contributed by atoms with Crippen molar-refractivity contribution < 1.29 is 13.9 Å². The minimum absolute atomic E-state index is 0.195. The maximum atomic E-state index is 13.3. The Balaban J connectivity index is 2.65. The Hall–Kier alpha value is -1.58. The molecule has 0 aliphatic heterocycles. The maximum absolute atomic E-state index is 13.3. The highest BCUT2D eigenvalue weighted by Gasteiger charge is 2.05. The van der Waals surface area contributed by atoms with Crippen molar-refractivity contribution >= 4 is 6.09 Å². The number of halogens is 1. The largest absolute Gasteiger partial charge is 0.450 e. The van der Waals surface area contributed by atoms with Crippen molar-refractivity contribution in [2.45, 2.75) is 27.3 Å². The lowest BCUT2D eigenvalue weighted by atomic mass is 10.1. The summed E-state index contributed by atoms with van der Waals surface area (Å²) in [7, 11) is 0. The van der Waals surface area contributed by atoms with Crippen molar-refractivity contribution in [1.29, 1.82) is 0 Å². The predicted molar refractivity (Wildman–Crippen MR) is 59.7 cm³/mol. The van der Waals surface area contributed by atoms with Crippen LogP contribution >= 0.6 is 0 Å². The third kappa shape index (κ3) is 3.22. The number of ether oxygens (including phenoxy) is 1. The van der Waals surface area contributed by atoms with Crippen LogP contribution in [0.5, 0.6) is 0 Å². The molecule has 0 unspecified atom stereocenters. The van der Waals surface area contributed by atoms with Crippen LogP contribution in [0.1, 0.15) is 23.6 Å². The van der Waals surface area contributed by atoms with Gasteiger partial charge in [-0.15, -0.1) is 0 Å². The average molecular weight is 225 g/mol. The van der Waals surface area contributed by atoms with Gasteiger partial charge in [0, 0.05) is 6.54 Å². The SMILES string of the molecule is CCOC(=O)NCc1cc(C)c(F)c(C)c1. The number of amides is 1. The number of rotatable bonds is 3. The van der Waals surface area contributed by atoms with E-state index in [1.54, 1.807) is 32.9 Å². The quantitative estimate of drug-likeness (QED) is 0.858. The predicted octanol–water partition coefficient (Wildman–Crippen LogP) is 2.69. The molecule has 4 heteroatoms. The minimum Gasteiger partial charge on any atom is -0.450 e. The molecule has 3 nitrogen and oxygen atoms in total. The minimum atomic E-state index is -0.456. The van der Waals surface area contributed by atoms with Crippen LogP contribution < -0.4 is 5.32 Å². The van der Waals surface area contributed by atoms with Gasteiger partial charge in [0.05, 0.1) is 6.61 Å². The maximum Gasteiger partial charge on any atom is 0.407 e. The highest BCUT2D eigenvalue weighted by Crippen LogP contribution is 2.14. The van der Waals surface area contributed by atoms with Crippen molar-refractivity contribution in [2.75, 3.05) is 6.61 Å². The molecule has 1 N–H and O–H groups in total. The van der Waals surface area contributed by atoms with Gasteiger partial charge >= 0.3 is 6.09 Å². The highest BCUT2D eigenvalue weighted by molar-refractivity contribution is 5.67. The van der Waals surface area contributed by atoms with E-state index < -0.39 is 6.09 Å². The number of aryl methyl sites for hydroxylation is 2. The summed E-state index contributed by atoms with van der Waals surface area (Å²) < 4.78 is 18.0. The summed E-state index contributed by atoms with van der Waals surface area (Å²) in [6, 6.07) is 3.43. The lowest BCUT2D eigenvalue weighted by Gasteiger charge is -2.08. The van der Waals surface area contributed by atoms with Gasteiger partial charge in [0.2, 0.25) is 0 Å². The first kappa shape index (κ1) is 12.5. The zero-order valence-electron chi connectivity index (χ0n) is 9.76. The molecule has 0 atom stereocenters. The number of carbonyl (C=O) groups is 1. The van der Waals surface area contributed by atoms with Gasteiger partial charge in [-0.05, 0) is 37.5 Å². The summed E-state index contributed by atoms with van der Waals surface area (Å²) in [6.07, 6.45) is -0.456. The molecule has 88 valence electrons. The molecule has 1 aromatic rings. The van der Waals surface area contributed by atoms with Gasteiger partial charge in [-0.1, -0.05) is 12.1 Å². The smallest absolute Gasteiger partial charge is 0.407 e. The molecule has 0 heterocycles. The van der Waals surface area contributed by atoms with E-state index in [-0.39, 0.29) is 5.82 Å².